The summed E-state index contributed by atoms with van der Waals surface area (Å²) in [5.41, 5.74) is 2.03. The number of methoxy groups -OCH3 is 1. The molecule has 0 spiro atoms. The summed E-state index contributed by atoms with van der Waals surface area (Å²) in [5.74, 6) is -0.336. The van der Waals surface area contributed by atoms with Gasteiger partial charge in [-0.1, -0.05) is 11.6 Å². The summed E-state index contributed by atoms with van der Waals surface area (Å²) in [6, 6.07) is 4.26. The summed E-state index contributed by atoms with van der Waals surface area (Å²) >= 11 is 6.13. The van der Waals surface area contributed by atoms with Crippen LogP contribution in [-0.4, -0.2) is 23.2 Å². The highest BCUT2D eigenvalue weighted by Crippen LogP contribution is 2.25. The predicted molar refractivity (Wildman–Crippen MR) is 69.4 cm³/mol. The number of hydrogen-bond donors (Lipinski definition) is 0. The fourth-order valence-corrected chi connectivity index (χ4v) is 2.11. The van der Waals surface area contributed by atoms with Gasteiger partial charge < -0.3 is 4.74 Å². The zero-order valence-electron chi connectivity index (χ0n) is 10.5. The third-order valence-electron chi connectivity index (χ3n) is 2.73. The Kier molecular flexibility index (Phi) is 3.97. The van der Waals surface area contributed by atoms with Crippen molar-refractivity contribution in [2.45, 2.75) is 13.5 Å². The van der Waals surface area contributed by atoms with Crippen molar-refractivity contribution in [3.63, 3.8) is 0 Å². The van der Waals surface area contributed by atoms with E-state index >= 15 is 0 Å². The quantitative estimate of drug-likeness (QED) is 0.810. The van der Waals surface area contributed by atoms with E-state index in [-0.39, 0.29) is 23.1 Å². The third kappa shape index (κ3) is 2.52. The standard InChI is InChI=1S/C13H12ClFN2O2/c1-8-5-9(15)3-4-12(8)17-13(14)10(6-18)11(16-17)7-19-2/h3-6H,7H2,1-2H3. The van der Waals surface area contributed by atoms with Crippen molar-refractivity contribution in [1.29, 1.82) is 0 Å². The molecule has 0 unspecified atom stereocenters. The van der Waals surface area contributed by atoms with Crippen molar-refractivity contribution in [3.8, 4) is 5.69 Å². The third-order valence-corrected chi connectivity index (χ3v) is 3.09. The van der Waals surface area contributed by atoms with Crippen LogP contribution in [0.15, 0.2) is 18.2 Å². The number of benzene rings is 1. The summed E-state index contributed by atoms with van der Waals surface area (Å²) in [7, 11) is 1.50. The molecule has 0 bridgehead atoms. The first-order valence-corrected chi connectivity index (χ1v) is 5.94. The maximum absolute atomic E-state index is 13.1. The van der Waals surface area contributed by atoms with Gasteiger partial charge in [0, 0.05) is 7.11 Å². The van der Waals surface area contributed by atoms with Crippen molar-refractivity contribution in [3.05, 3.63) is 46.0 Å². The molecule has 0 atom stereocenters. The van der Waals surface area contributed by atoms with E-state index in [0.717, 1.165) is 0 Å². The van der Waals surface area contributed by atoms with Gasteiger partial charge >= 0.3 is 0 Å². The Labute approximate surface area is 114 Å². The SMILES string of the molecule is COCc1nn(-c2ccc(F)cc2C)c(Cl)c1C=O. The number of aryl methyl sites for hydroxylation is 1. The number of rotatable bonds is 4. The molecule has 6 heteroatoms. The van der Waals surface area contributed by atoms with Crippen LogP contribution in [0.1, 0.15) is 21.6 Å². The number of hydrogen-bond acceptors (Lipinski definition) is 3. The van der Waals surface area contributed by atoms with Gasteiger partial charge in [-0.15, -0.1) is 0 Å². The molecule has 2 rings (SSSR count). The fraction of sp³-hybridized carbons (Fsp3) is 0.231. The van der Waals surface area contributed by atoms with Gasteiger partial charge in [0.1, 0.15) is 16.7 Å². The van der Waals surface area contributed by atoms with Crippen LogP contribution in [0.25, 0.3) is 5.69 Å². The van der Waals surface area contributed by atoms with E-state index in [9.17, 15) is 9.18 Å². The molecule has 1 heterocycles. The summed E-state index contributed by atoms with van der Waals surface area (Å²) in [5, 5.41) is 4.43. The van der Waals surface area contributed by atoms with Gasteiger partial charge in [-0.25, -0.2) is 9.07 Å². The van der Waals surface area contributed by atoms with Crippen LogP contribution in [0.3, 0.4) is 0 Å². The maximum atomic E-state index is 13.1. The first-order valence-electron chi connectivity index (χ1n) is 5.56. The van der Waals surface area contributed by atoms with Gasteiger partial charge in [-0.05, 0) is 30.7 Å². The number of carbonyl (C=O) groups is 1. The molecule has 4 nitrogen and oxygen atoms in total. The van der Waals surface area contributed by atoms with Crippen molar-refractivity contribution < 1.29 is 13.9 Å². The van der Waals surface area contributed by atoms with E-state index in [1.165, 1.54) is 23.9 Å². The summed E-state index contributed by atoms with van der Waals surface area (Å²) < 4.78 is 19.5. The number of nitrogens with zero attached hydrogens (tertiary/aromatic N) is 2. The molecule has 0 saturated heterocycles. The van der Waals surface area contributed by atoms with Crippen LogP contribution in [0, 0.1) is 12.7 Å². The highest BCUT2D eigenvalue weighted by Gasteiger charge is 2.17. The number of aromatic nitrogens is 2. The maximum Gasteiger partial charge on any atom is 0.155 e. The van der Waals surface area contributed by atoms with E-state index < -0.39 is 0 Å². The zero-order chi connectivity index (χ0) is 14.0. The molecule has 0 amide bonds. The Balaban J connectivity index is 2.59. The van der Waals surface area contributed by atoms with Crippen LogP contribution >= 0.6 is 11.6 Å². The van der Waals surface area contributed by atoms with Crippen molar-refractivity contribution in [1.82, 2.24) is 9.78 Å². The Morgan fingerprint density at radius 3 is 2.84 bits per heavy atom. The number of carbonyl (C=O) groups excluding carboxylic acids is 1. The highest BCUT2D eigenvalue weighted by molar-refractivity contribution is 6.32. The van der Waals surface area contributed by atoms with Gasteiger partial charge in [-0.3, -0.25) is 4.79 Å². The minimum absolute atomic E-state index is 0.182. The lowest BCUT2D eigenvalue weighted by molar-refractivity contribution is 0.111. The molecule has 0 fully saturated rings. The first-order chi connectivity index (χ1) is 9.08. The topological polar surface area (TPSA) is 44.1 Å². The molecule has 100 valence electrons. The molecule has 0 saturated carbocycles. The second-order valence-electron chi connectivity index (χ2n) is 4.04. The second kappa shape index (κ2) is 5.50. The molecule has 0 aliphatic carbocycles. The molecule has 0 N–H and O–H groups in total. The van der Waals surface area contributed by atoms with Crippen LogP contribution < -0.4 is 0 Å². The van der Waals surface area contributed by atoms with Crippen molar-refractivity contribution >= 4 is 17.9 Å². The zero-order valence-corrected chi connectivity index (χ0v) is 11.2. The molecular weight excluding hydrogens is 271 g/mol. The Bertz CT molecular complexity index is 625. The highest BCUT2D eigenvalue weighted by atomic mass is 35.5. The average Bonchev–Trinajstić information content (AvgIpc) is 2.66. The molecular formula is C13H12ClFN2O2. The lowest BCUT2D eigenvalue weighted by atomic mass is 10.2. The normalized spacial score (nSPS) is 10.7. The smallest absolute Gasteiger partial charge is 0.155 e. The van der Waals surface area contributed by atoms with E-state index in [0.29, 0.717) is 23.2 Å². The number of ether oxygens (including phenoxy) is 1. The Hall–Kier alpha value is -1.72. The van der Waals surface area contributed by atoms with Gasteiger partial charge in [0.2, 0.25) is 0 Å². The monoisotopic (exact) mass is 282 g/mol. The predicted octanol–water partition coefficient (Wildman–Crippen LogP) is 2.93. The van der Waals surface area contributed by atoms with Crippen LogP contribution in [0.5, 0.6) is 0 Å². The fourth-order valence-electron chi connectivity index (χ4n) is 1.83. The van der Waals surface area contributed by atoms with E-state index in [1.807, 2.05) is 0 Å². The lowest BCUT2D eigenvalue weighted by Gasteiger charge is -2.06. The first kappa shape index (κ1) is 13.7. The number of aldehydes is 1. The molecule has 1 aromatic carbocycles. The lowest BCUT2D eigenvalue weighted by Crippen LogP contribution is -2.01. The van der Waals surface area contributed by atoms with Gasteiger partial charge in [0.05, 0.1) is 17.9 Å². The molecule has 0 aliphatic rings. The van der Waals surface area contributed by atoms with Gasteiger partial charge in [-0.2, -0.15) is 5.10 Å². The number of halogens is 2. The molecule has 0 aliphatic heterocycles. The molecule has 1 aromatic heterocycles. The Morgan fingerprint density at radius 1 is 1.53 bits per heavy atom. The molecule has 0 radical (unpaired) electrons. The van der Waals surface area contributed by atoms with Crippen LogP contribution in [-0.2, 0) is 11.3 Å². The van der Waals surface area contributed by atoms with Gasteiger partial charge in [0.15, 0.2) is 6.29 Å². The largest absolute Gasteiger partial charge is 0.378 e. The summed E-state index contributed by atoms with van der Waals surface area (Å²) in [6.45, 7) is 1.92. The second-order valence-corrected chi connectivity index (χ2v) is 4.40. The van der Waals surface area contributed by atoms with E-state index in [1.54, 1.807) is 13.0 Å². The van der Waals surface area contributed by atoms with Gasteiger partial charge in [0.25, 0.3) is 0 Å². The van der Waals surface area contributed by atoms with Crippen LogP contribution in [0.2, 0.25) is 5.15 Å². The minimum atomic E-state index is -0.336. The average molecular weight is 283 g/mol. The minimum Gasteiger partial charge on any atom is -0.378 e. The Morgan fingerprint density at radius 2 is 2.26 bits per heavy atom. The summed E-state index contributed by atoms with van der Waals surface area (Å²) in [6.07, 6.45) is 0.638. The van der Waals surface area contributed by atoms with Crippen molar-refractivity contribution in [2.24, 2.45) is 0 Å². The van der Waals surface area contributed by atoms with E-state index in [4.69, 9.17) is 16.3 Å². The summed E-state index contributed by atoms with van der Waals surface area (Å²) in [4.78, 5) is 11.1. The van der Waals surface area contributed by atoms with Crippen molar-refractivity contribution in [2.75, 3.05) is 7.11 Å². The van der Waals surface area contributed by atoms with Crippen LogP contribution in [0.4, 0.5) is 4.39 Å². The van der Waals surface area contributed by atoms with E-state index in [2.05, 4.69) is 5.10 Å². The molecule has 19 heavy (non-hydrogen) atoms. The molecule has 2 aromatic rings.